The van der Waals surface area contributed by atoms with Crippen LogP contribution in [0.1, 0.15) is 15.9 Å². The number of benzene rings is 1. The van der Waals surface area contributed by atoms with Crippen molar-refractivity contribution in [3.63, 3.8) is 0 Å². The lowest BCUT2D eigenvalue weighted by Gasteiger charge is -2.34. The van der Waals surface area contributed by atoms with Gasteiger partial charge in [-0.25, -0.2) is 8.42 Å². The molecule has 1 aliphatic heterocycles. The molecule has 0 radical (unpaired) electrons. The van der Waals surface area contributed by atoms with Gasteiger partial charge in [0, 0.05) is 49.2 Å². The minimum absolute atomic E-state index is 0.0670. The number of hydrogen-bond acceptors (Lipinski definition) is 4. The van der Waals surface area contributed by atoms with E-state index in [4.69, 9.17) is 11.6 Å². The normalized spacial score (nSPS) is 16.0. The van der Waals surface area contributed by atoms with Crippen molar-refractivity contribution in [2.24, 2.45) is 0 Å². The highest BCUT2D eigenvalue weighted by atomic mass is 35.5. The number of hydrogen-bond donors (Lipinski definition) is 0. The average molecular weight is 380 g/mol. The first-order chi connectivity index (χ1) is 12.0. The first kappa shape index (κ1) is 17.8. The van der Waals surface area contributed by atoms with E-state index in [9.17, 15) is 13.2 Å². The third kappa shape index (κ3) is 4.36. The van der Waals surface area contributed by atoms with E-state index in [2.05, 4.69) is 4.98 Å². The highest BCUT2D eigenvalue weighted by molar-refractivity contribution is 7.88. The van der Waals surface area contributed by atoms with Gasteiger partial charge in [-0.3, -0.25) is 9.78 Å². The van der Waals surface area contributed by atoms with E-state index >= 15 is 0 Å². The maximum atomic E-state index is 12.6. The van der Waals surface area contributed by atoms with Crippen LogP contribution in [0.25, 0.3) is 0 Å². The highest BCUT2D eigenvalue weighted by Crippen LogP contribution is 2.17. The van der Waals surface area contributed by atoms with Crippen LogP contribution in [0, 0.1) is 0 Å². The molecule has 0 spiro atoms. The quantitative estimate of drug-likeness (QED) is 0.814. The predicted molar refractivity (Wildman–Crippen MR) is 95.8 cm³/mol. The second-order valence-corrected chi connectivity index (χ2v) is 8.22. The molecule has 1 saturated heterocycles. The molecule has 8 heteroatoms. The highest BCUT2D eigenvalue weighted by Gasteiger charge is 2.29. The largest absolute Gasteiger partial charge is 0.336 e. The summed E-state index contributed by atoms with van der Waals surface area (Å²) >= 11 is 5.83. The average Bonchev–Trinajstić information content (AvgIpc) is 2.64. The summed E-state index contributed by atoms with van der Waals surface area (Å²) in [5.74, 6) is -0.167. The maximum absolute atomic E-state index is 12.6. The molecule has 0 saturated carbocycles. The van der Waals surface area contributed by atoms with Crippen LogP contribution in [0.2, 0.25) is 5.02 Å². The predicted octanol–water partition coefficient (Wildman–Crippen LogP) is 2.02. The molecule has 0 bridgehead atoms. The molecule has 0 N–H and O–H groups in total. The molecule has 1 aliphatic rings. The number of sulfonamides is 1. The molecule has 0 unspecified atom stereocenters. The van der Waals surface area contributed by atoms with Crippen molar-refractivity contribution in [1.29, 1.82) is 0 Å². The van der Waals surface area contributed by atoms with Gasteiger partial charge in [0.25, 0.3) is 5.91 Å². The van der Waals surface area contributed by atoms with Crippen LogP contribution in [-0.2, 0) is 15.8 Å². The van der Waals surface area contributed by atoms with Gasteiger partial charge in [0.15, 0.2) is 0 Å². The second-order valence-electron chi connectivity index (χ2n) is 5.81. The Kier molecular flexibility index (Phi) is 5.36. The van der Waals surface area contributed by atoms with Crippen LogP contribution in [0.3, 0.4) is 0 Å². The second kappa shape index (κ2) is 7.51. The van der Waals surface area contributed by atoms with E-state index in [1.165, 1.54) is 4.31 Å². The lowest BCUT2D eigenvalue weighted by Crippen LogP contribution is -2.50. The number of nitrogens with zero attached hydrogens (tertiary/aromatic N) is 3. The van der Waals surface area contributed by atoms with Gasteiger partial charge in [0.1, 0.15) is 0 Å². The zero-order valence-corrected chi connectivity index (χ0v) is 15.1. The van der Waals surface area contributed by atoms with Crippen molar-refractivity contribution in [2.45, 2.75) is 5.75 Å². The number of halogens is 1. The van der Waals surface area contributed by atoms with Crippen molar-refractivity contribution in [3.8, 4) is 0 Å². The van der Waals surface area contributed by atoms with E-state index < -0.39 is 10.0 Å². The molecule has 2 heterocycles. The number of piperazine rings is 1. The van der Waals surface area contributed by atoms with Crippen molar-refractivity contribution in [1.82, 2.24) is 14.2 Å². The Morgan fingerprint density at radius 1 is 1.00 bits per heavy atom. The van der Waals surface area contributed by atoms with E-state index in [0.717, 1.165) is 0 Å². The van der Waals surface area contributed by atoms with E-state index in [1.54, 1.807) is 53.7 Å². The lowest BCUT2D eigenvalue weighted by atomic mass is 10.2. The summed E-state index contributed by atoms with van der Waals surface area (Å²) in [6, 6.07) is 10.1. The summed E-state index contributed by atoms with van der Waals surface area (Å²) in [6.07, 6.45) is 3.14. The van der Waals surface area contributed by atoms with Crippen LogP contribution in [0.4, 0.5) is 0 Å². The molecule has 0 aliphatic carbocycles. The first-order valence-corrected chi connectivity index (χ1v) is 9.86. The number of rotatable bonds is 4. The van der Waals surface area contributed by atoms with Crippen molar-refractivity contribution in [2.75, 3.05) is 26.2 Å². The van der Waals surface area contributed by atoms with Crippen LogP contribution in [-0.4, -0.2) is 54.7 Å². The van der Waals surface area contributed by atoms with Gasteiger partial charge >= 0.3 is 0 Å². The fourth-order valence-electron chi connectivity index (χ4n) is 2.73. The molecular formula is C17H18ClN3O3S. The molecule has 132 valence electrons. The lowest BCUT2D eigenvalue weighted by molar-refractivity contribution is 0.0697. The zero-order valence-electron chi connectivity index (χ0n) is 13.5. The molecule has 1 aromatic carbocycles. The van der Waals surface area contributed by atoms with Crippen molar-refractivity contribution < 1.29 is 13.2 Å². The Hall–Kier alpha value is -1.96. The standard InChI is InChI=1S/C17H18ClN3O3S/c18-16-3-1-14(2-4-16)13-25(23,24)21-11-9-20(10-12-21)17(22)15-5-7-19-8-6-15/h1-8H,9-13H2. The summed E-state index contributed by atoms with van der Waals surface area (Å²) in [5.41, 5.74) is 1.26. The number of carbonyl (C=O) groups excluding carboxylic acids is 1. The molecule has 6 nitrogen and oxygen atoms in total. The SMILES string of the molecule is O=C(c1ccncc1)N1CCN(S(=O)(=O)Cc2ccc(Cl)cc2)CC1. The maximum Gasteiger partial charge on any atom is 0.254 e. The molecule has 25 heavy (non-hydrogen) atoms. The van der Waals surface area contributed by atoms with Crippen molar-refractivity contribution >= 4 is 27.5 Å². The Labute approximate surface area is 152 Å². The molecule has 1 fully saturated rings. The summed E-state index contributed by atoms with van der Waals surface area (Å²) < 4.78 is 26.6. The van der Waals surface area contributed by atoms with Crippen LogP contribution in [0.5, 0.6) is 0 Å². The fourth-order valence-corrected chi connectivity index (χ4v) is 4.37. The third-order valence-electron chi connectivity index (χ3n) is 4.11. The summed E-state index contributed by atoms with van der Waals surface area (Å²) in [6.45, 7) is 1.35. The fraction of sp³-hybridized carbons (Fsp3) is 0.294. The minimum Gasteiger partial charge on any atom is -0.336 e. The number of amides is 1. The number of carbonyl (C=O) groups is 1. The number of pyridine rings is 1. The molecule has 2 aromatic rings. The van der Waals surface area contributed by atoms with Crippen LogP contribution >= 0.6 is 11.6 Å². The van der Waals surface area contributed by atoms with Crippen LogP contribution < -0.4 is 0 Å². The summed E-state index contributed by atoms with van der Waals surface area (Å²) in [4.78, 5) is 18.0. The number of aromatic nitrogens is 1. The monoisotopic (exact) mass is 379 g/mol. The van der Waals surface area contributed by atoms with Gasteiger partial charge in [-0.1, -0.05) is 23.7 Å². The van der Waals surface area contributed by atoms with Gasteiger partial charge in [-0.2, -0.15) is 4.31 Å². The Morgan fingerprint density at radius 3 is 2.20 bits per heavy atom. The Bertz CT molecular complexity index is 833. The Balaban J connectivity index is 1.61. The molecule has 3 rings (SSSR count). The first-order valence-electron chi connectivity index (χ1n) is 7.87. The molecule has 1 aromatic heterocycles. The molecule has 1 amide bonds. The van der Waals surface area contributed by atoms with E-state index in [-0.39, 0.29) is 11.7 Å². The smallest absolute Gasteiger partial charge is 0.254 e. The van der Waals surface area contributed by atoms with E-state index in [0.29, 0.717) is 42.3 Å². The van der Waals surface area contributed by atoms with Crippen LogP contribution in [0.15, 0.2) is 48.8 Å². The van der Waals surface area contributed by atoms with Gasteiger partial charge in [-0.15, -0.1) is 0 Å². The van der Waals surface area contributed by atoms with Gasteiger partial charge in [-0.05, 0) is 29.8 Å². The van der Waals surface area contributed by atoms with Crippen molar-refractivity contribution in [3.05, 3.63) is 64.9 Å². The van der Waals surface area contributed by atoms with Gasteiger partial charge in [0.2, 0.25) is 10.0 Å². The molecule has 0 atom stereocenters. The summed E-state index contributed by atoms with van der Waals surface area (Å²) in [7, 11) is -3.42. The van der Waals surface area contributed by atoms with E-state index in [1.807, 2.05) is 0 Å². The third-order valence-corrected chi connectivity index (χ3v) is 6.21. The van der Waals surface area contributed by atoms with Gasteiger partial charge < -0.3 is 4.90 Å². The van der Waals surface area contributed by atoms with Gasteiger partial charge in [0.05, 0.1) is 5.75 Å². The summed E-state index contributed by atoms with van der Waals surface area (Å²) in [5, 5.41) is 0.574. The minimum atomic E-state index is -3.42. The Morgan fingerprint density at radius 2 is 1.60 bits per heavy atom. The molecular weight excluding hydrogens is 362 g/mol. The topological polar surface area (TPSA) is 70.6 Å². The zero-order chi connectivity index (χ0) is 17.9.